The highest BCUT2D eigenvalue weighted by atomic mass is 32.1. The third kappa shape index (κ3) is 4.14. The SMILES string of the molecule is Cc1ccc2sc(N(Cc3ccccc3)C(=O)C3CC(=O)N(c4ccccc4)C3)nc2c1C. The number of anilines is 2. The lowest BCUT2D eigenvalue weighted by Gasteiger charge is -2.23. The van der Waals surface area contributed by atoms with E-state index in [4.69, 9.17) is 4.98 Å². The second-order valence-electron chi connectivity index (χ2n) is 8.50. The maximum atomic E-state index is 13.8. The minimum Gasteiger partial charge on any atom is -0.312 e. The van der Waals surface area contributed by atoms with Crippen LogP contribution in [0.15, 0.2) is 72.8 Å². The van der Waals surface area contributed by atoms with Crippen LogP contribution in [0.3, 0.4) is 0 Å². The zero-order valence-corrected chi connectivity index (χ0v) is 19.5. The van der Waals surface area contributed by atoms with E-state index in [1.807, 2.05) is 60.7 Å². The molecule has 1 atom stereocenters. The van der Waals surface area contributed by atoms with Crippen molar-refractivity contribution in [3.8, 4) is 0 Å². The summed E-state index contributed by atoms with van der Waals surface area (Å²) in [6, 6.07) is 23.7. The van der Waals surface area contributed by atoms with E-state index in [9.17, 15) is 9.59 Å². The molecule has 2 amide bonds. The van der Waals surface area contributed by atoms with Gasteiger partial charge in [0.1, 0.15) is 0 Å². The molecule has 0 aliphatic carbocycles. The van der Waals surface area contributed by atoms with Gasteiger partial charge in [-0.25, -0.2) is 4.98 Å². The Kier molecular flexibility index (Phi) is 5.68. The Hall–Kier alpha value is -3.51. The fourth-order valence-electron chi connectivity index (χ4n) is 4.29. The predicted molar refractivity (Wildman–Crippen MR) is 134 cm³/mol. The molecule has 1 aromatic heterocycles. The van der Waals surface area contributed by atoms with Crippen LogP contribution in [0.1, 0.15) is 23.1 Å². The van der Waals surface area contributed by atoms with E-state index < -0.39 is 5.92 Å². The Morgan fingerprint density at radius 3 is 2.45 bits per heavy atom. The van der Waals surface area contributed by atoms with E-state index >= 15 is 0 Å². The largest absolute Gasteiger partial charge is 0.312 e. The predicted octanol–water partition coefficient (Wildman–Crippen LogP) is 5.50. The molecule has 3 aromatic carbocycles. The van der Waals surface area contributed by atoms with Gasteiger partial charge in [-0.2, -0.15) is 0 Å². The molecule has 2 heterocycles. The summed E-state index contributed by atoms with van der Waals surface area (Å²) in [5.74, 6) is -0.481. The normalized spacial score (nSPS) is 15.9. The van der Waals surface area contributed by atoms with Crippen molar-refractivity contribution >= 4 is 44.2 Å². The maximum absolute atomic E-state index is 13.8. The van der Waals surface area contributed by atoms with Crippen molar-refractivity contribution in [2.75, 3.05) is 16.3 Å². The molecule has 166 valence electrons. The molecule has 0 spiro atoms. The Morgan fingerprint density at radius 2 is 1.73 bits per heavy atom. The smallest absolute Gasteiger partial charge is 0.234 e. The third-order valence-electron chi connectivity index (χ3n) is 6.30. The van der Waals surface area contributed by atoms with E-state index in [1.54, 1.807) is 9.80 Å². The van der Waals surface area contributed by atoms with Crippen molar-refractivity contribution in [2.45, 2.75) is 26.8 Å². The highest BCUT2D eigenvalue weighted by molar-refractivity contribution is 7.22. The molecule has 1 aliphatic heterocycles. The van der Waals surface area contributed by atoms with Crippen LogP contribution in [0.25, 0.3) is 10.2 Å². The zero-order chi connectivity index (χ0) is 22.9. The van der Waals surface area contributed by atoms with Crippen LogP contribution < -0.4 is 9.80 Å². The number of aromatic nitrogens is 1. The highest BCUT2D eigenvalue weighted by Crippen LogP contribution is 2.35. The number of benzene rings is 3. The number of para-hydroxylation sites is 1. The van der Waals surface area contributed by atoms with E-state index in [0.717, 1.165) is 27.0 Å². The van der Waals surface area contributed by atoms with Crippen LogP contribution >= 0.6 is 11.3 Å². The summed E-state index contributed by atoms with van der Waals surface area (Å²) in [5, 5.41) is 0.679. The van der Waals surface area contributed by atoms with Gasteiger partial charge in [-0.05, 0) is 48.7 Å². The lowest BCUT2D eigenvalue weighted by molar-refractivity contribution is -0.124. The topological polar surface area (TPSA) is 53.5 Å². The lowest BCUT2D eigenvalue weighted by Crippen LogP contribution is -2.37. The molecule has 1 saturated heterocycles. The van der Waals surface area contributed by atoms with E-state index in [1.165, 1.54) is 16.9 Å². The molecule has 33 heavy (non-hydrogen) atoms. The monoisotopic (exact) mass is 455 g/mol. The second-order valence-corrected chi connectivity index (χ2v) is 9.51. The minimum atomic E-state index is -0.406. The number of rotatable bonds is 5. The summed E-state index contributed by atoms with van der Waals surface area (Å²) < 4.78 is 1.06. The van der Waals surface area contributed by atoms with Crippen molar-refractivity contribution < 1.29 is 9.59 Å². The van der Waals surface area contributed by atoms with Crippen LogP contribution in [0.4, 0.5) is 10.8 Å². The van der Waals surface area contributed by atoms with E-state index in [2.05, 4.69) is 26.0 Å². The van der Waals surface area contributed by atoms with Crippen LogP contribution in [0.2, 0.25) is 0 Å². The average Bonchev–Trinajstić information content (AvgIpc) is 3.45. The molecular weight excluding hydrogens is 430 g/mol. The van der Waals surface area contributed by atoms with Gasteiger partial charge in [-0.15, -0.1) is 0 Å². The van der Waals surface area contributed by atoms with Gasteiger partial charge in [0.2, 0.25) is 11.8 Å². The summed E-state index contributed by atoms with van der Waals surface area (Å²) >= 11 is 1.53. The first-order chi connectivity index (χ1) is 16.0. The van der Waals surface area contributed by atoms with Crippen molar-refractivity contribution in [1.29, 1.82) is 0 Å². The molecule has 6 heteroatoms. The fourth-order valence-corrected chi connectivity index (χ4v) is 5.32. The molecule has 5 nitrogen and oxygen atoms in total. The third-order valence-corrected chi connectivity index (χ3v) is 7.34. The summed E-state index contributed by atoms with van der Waals surface area (Å²) in [6.07, 6.45) is 0.210. The maximum Gasteiger partial charge on any atom is 0.234 e. The summed E-state index contributed by atoms with van der Waals surface area (Å²) in [6.45, 7) is 4.95. The van der Waals surface area contributed by atoms with Crippen molar-refractivity contribution in [3.63, 3.8) is 0 Å². The number of carbonyl (C=O) groups excluding carboxylic acids is 2. The lowest BCUT2D eigenvalue weighted by atomic mass is 10.1. The molecule has 0 saturated carbocycles. The first-order valence-corrected chi connectivity index (χ1v) is 11.9. The number of hydrogen-bond donors (Lipinski definition) is 0. The number of carbonyl (C=O) groups is 2. The molecule has 5 rings (SSSR count). The molecule has 1 unspecified atom stereocenters. The number of fused-ring (bicyclic) bond motifs is 1. The molecular formula is C27H25N3O2S. The molecule has 0 bridgehead atoms. The zero-order valence-electron chi connectivity index (χ0n) is 18.7. The van der Waals surface area contributed by atoms with E-state index in [-0.39, 0.29) is 18.2 Å². The standard InChI is InChI=1S/C27H25N3O2S/c1-18-13-14-23-25(19(18)2)28-27(33-23)30(16-20-9-5-3-6-10-20)26(32)21-15-24(31)29(17-21)22-11-7-4-8-12-22/h3-14,21H,15-17H2,1-2H3. The first kappa shape index (κ1) is 21.3. The van der Waals surface area contributed by atoms with E-state index in [0.29, 0.717) is 18.2 Å². The Morgan fingerprint density at radius 1 is 1.03 bits per heavy atom. The molecule has 0 radical (unpaired) electrons. The molecule has 0 N–H and O–H groups in total. The molecule has 4 aromatic rings. The average molecular weight is 456 g/mol. The quantitative estimate of drug-likeness (QED) is 0.399. The van der Waals surface area contributed by atoms with Gasteiger partial charge in [0.25, 0.3) is 0 Å². The van der Waals surface area contributed by atoms with Gasteiger partial charge >= 0.3 is 0 Å². The van der Waals surface area contributed by atoms with Crippen molar-refractivity contribution in [3.05, 3.63) is 89.5 Å². The van der Waals surface area contributed by atoms with Gasteiger partial charge in [0.15, 0.2) is 5.13 Å². The number of hydrogen-bond acceptors (Lipinski definition) is 4. The van der Waals surface area contributed by atoms with Crippen LogP contribution in [0, 0.1) is 19.8 Å². The number of nitrogens with zero attached hydrogens (tertiary/aromatic N) is 3. The van der Waals surface area contributed by atoms with Crippen LogP contribution in [-0.4, -0.2) is 23.3 Å². The summed E-state index contributed by atoms with van der Waals surface area (Å²) in [7, 11) is 0. The fraction of sp³-hybridized carbons (Fsp3) is 0.222. The number of aryl methyl sites for hydroxylation is 2. The first-order valence-electron chi connectivity index (χ1n) is 11.1. The minimum absolute atomic E-state index is 0.0185. The van der Waals surface area contributed by atoms with Gasteiger partial charge in [-0.1, -0.05) is 65.9 Å². The van der Waals surface area contributed by atoms with Crippen molar-refractivity contribution in [1.82, 2.24) is 4.98 Å². The Balaban J connectivity index is 1.49. The van der Waals surface area contributed by atoms with Crippen molar-refractivity contribution in [2.24, 2.45) is 5.92 Å². The summed E-state index contributed by atoms with van der Waals surface area (Å²) in [5.41, 5.74) is 5.11. The second kappa shape index (κ2) is 8.79. The Bertz CT molecular complexity index is 1320. The van der Waals surface area contributed by atoms with Crippen LogP contribution in [0.5, 0.6) is 0 Å². The molecule has 1 aliphatic rings. The van der Waals surface area contributed by atoms with Gasteiger partial charge < -0.3 is 4.90 Å². The highest BCUT2D eigenvalue weighted by Gasteiger charge is 2.38. The summed E-state index contributed by atoms with van der Waals surface area (Å²) in [4.78, 5) is 35.0. The number of amides is 2. The van der Waals surface area contributed by atoms with Gasteiger partial charge in [-0.3, -0.25) is 14.5 Å². The van der Waals surface area contributed by atoms with Gasteiger partial charge in [0.05, 0.1) is 22.7 Å². The van der Waals surface area contributed by atoms with Gasteiger partial charge in [0, 0.05) is 18.7 Å². The molecule has 1 fully saturated rings. The van der Waals surface area contributed by atoms with Crippen LogP contribution in [-0.2, 0) is 16.1 Å². The Labute approximate surface area is 197 Å². The number of thiazole rings is 1.